The second-order valence-electron chi connectivity index (χ2n) is 7.81. The number of rotatable bonds is 6. The van der Waals surface area contributed by atoms with Gasteiger partial charge in [0.05, 0.1) is 15.6 Å². The fraction of sp³-hybridized carbons (Fsp3) is 0.0800. The first-order valence-corrected chi connectivity index (χ1v) is 13.3. The van der Waals surface area contributed by atoms with Crippen LogP contribution in [0.4, 0.5) is 20.8 Å². The molecule has 180 valence electrons. The molecule has 4 rings (SSSR count). The predicted molar refractivity (Wildman–Crippen MR) is 140 cm³/mol. The van der Waals surface area contributed by atoms with Crippen LogP contribution in [0.1, 0.15) is 26.4 Å². The van der Waals surface area contributed by atoms with Gasteiger partial charge in [-0.2, -0.15) is 0 Å². The van der Waals surface area contributed by atoms with Crippen LogP contribution in [-0.2, 0) is 9.84 Å². The lowest BCUT2D eigenvalue weighted by molar-refractivity contribution is 0.104. The van der Waals surface area contributed by atoms with Crippen molar-refractivity contribution < 1.29 is 17.6 Å². The number of hydrogen-bond donors (Lipinski definition) is 2. The Bertz CT molecular complexity index is 1550. The van der Waals surface area contributed by atoms with E-state index in [0.29, 0.717) is 16.3 Å². The molecule has 0 atom stereocenters. The van der Waals surface area contributed by atoms with Gasteiger partial charge in [0, 0.05) is 16.3 Å². The Labute approximate surface area is 216 Å². The number of nitrogens with one attached hydrogen (secondary N) is 1. The van der Waals surface area contributed by atoms with Gasteiger partial charge in [-0.1, -0.05) is 41.4 Å². The van der Waals surface area contributed by atoms with E-state index in [-0.39, 0.29) is 30.4 Å². The lowest BCUT2D eigenvalue weighted by Gasteiger charge is -2.14. The van der Waals surface area contributed by atoms with E-state index in [4.69, 9.17) is 28.9 Å². The molecule has 3 aromatic carbocycles. The number of benzene rings is 3. The van der Waals surface area contributed by atoms with Crippen LogP contribution in [0.2, 0.25) is 10.0 Å². The fourth-order valence-electron chi connectivity index (χ4n) is 3.57. The fourth-order valence-corrected chi connectivity index (χ4v) is 6.88. The molecule has 0 unspecified atom stereocenters. The van der Waals surface area contributed by atoms with Crippen LogP contribution in [0.3, 0.4) is 0 Å². The molecule has 5 nitrogen and oxygen atoms in total. The summed E-state index contributed by atoms with van der Waals surface area (Å²) >= 11 is 12.7. The molecule has 0 fully saturated rings. The maximum Gasteiger partial charge on any atom is 0.211 e. The molecule has 35 heavy (non-hydrogen) atoms. The van der Waals surface area contributed by atoms with Gasteiger partial charge in [-0.05, 0) is 67.4 Å². The third-order valence-corrected chi connectivity index (χ3v) is 9.03. The van der Waals surface area contributed by atoms with Crippen LogP contribution in [0.25, 0.3) is 0 Å². The third-order valence-electron chi connectivity index (χ3n) is 5.40. The minimum atomic E-state index is -4.29. The molecule has 3 N–H and O–H groups in total. The molecule has 0 saturated carbocycles. The number of aryl methyl sites for hydroxylation is 2. The van der Waals surface area contributed by atoms with Gasteiger partial charge in [-0.3, -0.25) is 4.79 Å². The van der Waals surface area contributed by atoms with Gasteiger partial charge in [-0.15, -0.1) is 11.3 Å². The van der Waals surface area contributed by atoms with Crippen molar-refractivity contribution in [2.45, 2.75) is 23.6 Å². The molecule has 0 saturated heterocycles. The molecule has 1 aromatic heterocycles. The van der Waals surface area contributed by atoms with Crippen LogP contribution in [0.5, 0.6) is 0 Å². The zero-order valence-electron chi connectivity index (χ0n) is 18.5. The maximum atomic E-state index is 13.7. The minimum absolute atomic E-state index is 0.0489. The van der Waals surface area contributed by atoms with E-state index in [2.05, 4.69) is 5.32 Å². The topological polar surface area (TPSA) is 89.3 Å². The van der Waals surface area contributed by atoms with Crippen molar-refractivity contribution in [3.63, 3.8) is 0 Å². The van der Waals surface area contributed by atoms with Crippen molar-refractivity contribution in [2.75, 3.05) is 11.1 Å². The van der Waals surface area contributed by atoms with Crippen LogP contribution in [-0.4, -0.2) is 14.2 Å². The lowest BCUT2D eigenvalue weighted by atomic mass is 10.1. The van der Waals surface area contributed by atoms with Gasteiger partial charge in [0.2, 0.25) is 15.6 Å². The number of para-hydroxylation sites is 1. The summed E-state index contributed by atoms with van der Waals surface area (Å²) < 4.78 is 41.1. The first-order chi connectivity index (χ1) is 16.5. The second-order valence-corrected chi connectivity index (χ2v) is 11.6. The zero-order valence-corrected chi connectivity index (χ0v) is 21.7. The predicted octanol–water partition coefficient (Wildman–Crippen LogP) is 7.20. The quantitative estimate of drug-likeness (QED) is 0.196. The molecule has 4 aromatic rings. The van der Waals surface area contributed by atoms with Crippen LogP contribution in [0.15, 0.2) is 70.5 Å². The van der Waals surface area contributed by atoms with Gasteiger partial charge >= 0.3 is 0 Å². The molecule has 10 heteroatoms. The lowest BCUT2D eigenvalue weighted by Crippen LogP contribution is -2.09. The standard InChI is InChI=1S/C25H19Cl2FN2O3S2/c1-13-4-3-5-14(2)21(13)30-25-24(35(32,33)17-10-11-19(28)18(27)12-17)20(29)23(34-25)22(31)15-6-8-16(26)9-7-15/h3-12,30H,29H2,1-2H3. The van der Waals surface area contributed by atoms with Crippen LogP contribution >= 0.6 is 34.5 Å². The van der Waals surface area contributed by atoms with Crippen LogP contribution < -0.4 is 11.1 Å². The van der Waals surface area contributed by atoms with Gasteiger partial charge < -0.3 is 11.1 Å². The van der Waals surface area contributed by atoms with Gasteiger partial charge in [-0.25, -0.2) is 12.8 Å². The average molecular weight is 549 g/mol. The van der Waals surface area contributed by atoms with E-state index in [0.717, 1.165) is 40.7 Å². The number of carbonyl (C=O) groups is 1. The number of sulfone groups is 1. The Morgan fingerprint density at radius 2 is 1.63 bits per heavy atom. The number of thiophene rings is 1. The number of carbonyl (C=O) groups excluding carboxylic acids is 1. The molecular weight excluding hydrogens is 530 g/mol. The minimum Gasteiger partial charge on any atom is -0.396 e. The second kappa shape index (κ2) is 9.62. The number of anilines is 3. The normalized spacial score (nSPS) is 11.5. The van der Waals surface area contributed by atoms with Gasteiger partial charge in [0.25, 0.3) is 0 Å². The van der Waals surface area contributed by atoms with Crippen molar-refractivity contribution in [1.29, 1.82) is 0 Å². The first-order valence-electron chi connectivity index (χ1n) is 10.3. The van der Waals surface area contributed by atoms with Crippen molar-refractivity contribution in [1.82, 2.24) is 0 Å². The molecule has 1 heterocycles. The highest BCUT2D eigenvalue weighted by atomic mass is 35.5. The Morgan fingerprint density at radius 3 is 2.23 bits per heavy atom. The summed E-state index contributed by atoms with van der Waals surface area (Å²) in [5.41, 5.74) is 8.86. The highest BCUT2D eigenvalue weighted by Crippen LogP contribution is 2.45. The number of ketones is 1. The Balaban J connectivity index is 1.93. The summed E-state index contributed by atoms with van der Waals surface area (Å²) in [5.74, 6) is -1.20. The summed E-state index contributed by atoms with van der Waals surface area (Å²) in [6.07, 6.45) is 0. The molecule has 0 bridgehead atoms. The van der Waals surface area contributed by atoms with Gasteiger partial charge in [0.1, 0.15) is 20.6 Å². The summed E-state index contributed by atoms with van der Waals surface area (Å²) in [5, 5.41) is 3.44. The van der Waals surface area contributed by atoms with Gasteiger partial charge in [0.15, 0.2) is 0 Å². The average Bonchev–Trinajstić information content (AvgIpc) is 3.14. The molecule has 0 spiro atoms. The van der Waals surface area contributed by atoms with Crippen molar-refractivity contribution >= 4 is 66.5 Å². The van der Waals surface area contributed by atoms with E-state index in [1.54, 1.807) is 12.1 Å². The highest BCUT2D eigenvalue weighted by molar-refractivity contribution is 7.92. The monoisotopic (exact) mass is 548 g/mol. The molecule has 0 aliphatic heterocycles. The third kappa shape index (κ3) is 4.79. The van der Waals surface area contributed by atoms with E-state index >= 15 is 0 Å². The number of halogens is 3. The maximum absolute atomic E-state index is 13.7. The summed E-state index contributed by atoms with van der Waals surface area (Å²) in [6, 6.07) is 14.9. The molecular formula is C25H19Cl2FN2O3S2. The van der Waals surface area contributed by atoms with E-state index in [1.807, 2.05) is 32.0 Å². The summed E-state index contributed by atoms with van der Waals surface area (Å²) in [4.78, 5) is 12.8. The van der Waals surface area contributed by atoms with E-state index < -0.39 is 21.4 Å². The Kier molecular flexibility index (Phi) is 6.92. The van der Waals surface area contributed by atoms with Crippen molar-refractivity contribution in [3.8, 4) is 0 Å². The number of nitrogens with two attached hydrogens (primary N) is 1. The zero-order chi connectivity index (χ0) is 25.5. The smallest absolute Gasteiger partial charge is 0.211 e. The first kappa shape index (κ1) is 25.2. The number of hydrogen-bond acceptors (Lipinski definition) is 6. The van der Waals surface area contributed by atoms with Crippen LogP contribution in [0, 0.1) is 19.7 Å². The summed E-state index contributed by atoms with van der Waals surface area (Å²) in [7, 11) is -4.29. The SMILES string of the molecule is Cc1cccc(C)c1Nc1sc(C(=O)c2ccc(Cl)cc2)c(N)c1S(=O)(=O)c1ccc(F)c(Cl)c1. The van der Waals surface area contributed by atoms with Crippen molar-refractivity contribution in [3.05, 3.63) is 98.1 Å². The molecule has 0 radical (unpaired) electrons. The largest absolute Gasteiger partial charge is 0.396 e. The molecule has 0 amide bonds. The van der Waals surface area contributed by atoms with E-state index in [9.17, 15) is 17.6 Å². The Morgan fingerprint density at radius 1 is 1.00 bits per heavy atom. The molecule has 0 aliphatic rings. The molecule has 0 aliphatic carbocycles. The highest BCUT2D eigenvalue weighted by Gasteiger charge is 2.32. The van der Waals surface area contributed by atoms with Crippen molar-refractivity contribution in [2.24, 2.45) is 0 Å². The number of nitrogen functional groups attached to an aromatic ring is 1. The summed E-state index contributed by atoms with van der Waals surface area (Å²) in [6.45, 7) is 3.75. The van der Waals surface area contributed by atoms with E-state index in [1.165, 1.54) is 12.1 Å². The Hall–Kier alpha value is -2.91.